The first kappa shape index (κ1) is 11.9. The van der Waals surface area contributed by atoms with E-state index in [0.717, 1.165) is 0 Å². The second-order valence-electron chi connectivity index (χ2n) is 4.81. The number of aliphatic hydroxyl groups is 1. The van der Waals surface area contributed by atoms with E-state index in [1.807, 2.05) is 0 Å². The van der Waals surface area contributed by atoms with Gasteiger partial charge in [0.1, 0.15) is 0 Å². The van der Waals surface area contributed by atoms with Crippen molar-refractivity contribution >= 4 is 0 Å². The molecule has 4 heteroatoms. The Morgan fingerprint density at radius 3 is 2.57 bits per heavy atom. The number of alkyl halides is 2. The van der Waals surface area contributed by atoms with Crippen LogP contribution in [0.25, 0.3) is 0 Å². The maximum absolute atomic E-state index is 12.9. The Morgan fingerprint density at radius 1 is 1.64 bits per heavy atom. The van der Waals surface area contributed by atoms with Crippen LogP contribution < -0.4 is 5.73 Å². The highest BCUT2D eigenvalue weighted by atomic mass is 19.3. The molecule has 3 atom stereocenters. The molecule has 0 aromatic heterocycles. The van der Waals surface area contributed by atoms with Crippen molar-refractivity contribution < 1.29 is 13.9 Å². The molecule has 0 aromatic rings. The zero-order valence-corrected chi connectivity index (χ0v) is 8.76. The quantitative estimate of drug-likeness (QED) is 0.742. The fourth-order valence-electron chi connectivity index (χ4n) is 1.99. The number of hydrogen-bond acceptors (Lipinski definition) is 2. The lowest BCUT2D eigenvalue weighted by atomic mass is 9.86. The Labute approximate surface area is 83.5 Å². The summed E-state index contributed by atoms with van der Waals surface area (Å²) in [6.07, 6.45) is 0.721. The molecule has 0 amide bonds. The average Bonchev–Trinajstić information content (AvgIpc) is 2.28. The zero-order chi connectivity index (χ0) is 11.0. The minimum atomic E-state index is -2.53. The summed E-state index contributed by atoms with van der Waals surface area (Å²) in [5, 5.41) is 9.85. The Morgan fingerprint density at radius 2 is 2.21 bits per heavy atom. The molecule has 0 aromatic carbocycles. The number of rotatable bonds is 3. The second-order valence-corrected chi connectivity index (χ2v) is 4.81. The number of hydrogen-bond donors (Lipinski definition) is 2. The number of nitrogens with two attached hydrogens (primary N) is 1. The van der Waals surface area contributed by atoms with Crippen molar-refractivity contribution in [2.75, 3.05) is 0 Å². The fourth-order valence-corrected chi connectivity index (χ4v) is 1.99. The van der Waals surface area contributed by atoms with Crippen molar-refractivity contribution in [1.82, 2.24) is 0 Å². The van der Waals surface area contributed by atoms with E-state index in [0.29, 0.717) is 12.8 Å². The normalized spacial score (nSPS) is 32.6. The van der Waals surface area contributed by atoms with Crippen molar-refractivity contribution in [1.29, 1.82) is 0 Å². The van der Waals surface area contributed by atoms with Crippen molar-refractivity contribution in [3.8, 4) is 0 Å². The third-order valence-corrected chi connectivity index (χ3v) is 3.19. The SMILES string of the molecule is CC(N)C(C)(O)CC1CCC(F)(F)C1. The van der Waals surface area contributed by atoms with E-state index in [4.69, 9.17) is 5.73 Å². The molecule has 2 nitrogen and oxygen atoms in total. The second kappa shape index (κ2) is 3.74. The van der Waals surface area contributed by atoms with Crippen LogP contribution in [0, 0.1) is 5.92 Å². The highest BCUT2D eigenvalue weighted by molar-refractivity contribution is 4.89. The Kier molecular flexibility index (Phi) is 3.17. The van der Waals surface area contributed by atoms with Crippen LogP contribution in [0.5, 0.6) is 0 Å². The third kappa shape index (κ3) is 2.89. The molecule has 0 aliphatic heterocycles. The van der Waals surface area contributed by atoms with Gasteiger partial charge in [-0.3, -0.25) is 0 Å². The van der Waals surface area contributed by atoms with Crippen molar-refractivity contribution in [2.24, 2.45) is 11.7 Å². The van der Waals surface area contributed by atoms with Crippen LogP contribution in [-0.4, -0.2) is 22.7 Å². The summed E-state index contributed by atoms with van der Waals surface area (Å²) in [5.41, 5.74) is 4.56. The Bertz CT molecular complexity index is 204. The van der Waals surface area contributed by atoms with Crippen molar-refractivity contribution in [2.45, 2.75) is 57.1 Å². The van der Waals surface area contributed by atoms with Crippen molar-refractivity contribution in [3.63, 3.8) is 0 Å². The monoisotopic (exact) mass is 207 g/mol. The lowest BCUT2D eigenvalue weighted by Gasteiger charge is -2.30. The van der Waals surface area contributed by atoms with E-state index in [1.54, 1.807) is 13.8 Å². The summed E-state index contributed by atoms with van der Waals surface area (Å²) in [6.45, 7) is 3.32. The molecule has 0 bridgehead atoms. The summed E-state index contributed by atoms with van der Waals surface area (Å²) >= 11 is 0. The molecule has 14 heavy (non-hydrogen) atoms. The van der Waals surface area contributed by atoms with Crippen LogP contribution in [0.1, 0.15) is 39.5 Å². The van der Waals surface area contributed by atoms with Gasteiger partial charge in [0, 0.05) is 18.9 Å². The molecule has 0 heterocycles. The lowest BCUT2D eigenvalue weighted by Crippen LogP contribution is -2.44. The van der Waals surface area contributed by atoms with Gasteiger partial charge in [0.25, 0.3) is 0 Å². The summed E-state index contributed by atoms with van der Waals surface area (Å²) in [7, 11) is 0. The predicted octanol–water partition coefficient (Wildman–Crippen LogP) is 1.91. The fraction of sp³-hybridized carbons (Fsp3) is 1.00. The first-order valence-electron chi connectivity index (χ1n) is 5.09. The van der Waals surface area contributed by atoms with E-state index < -0.39 is 11.5 Å². The highest BCUT2D eigenvalue weighted by Gasteiger charge is 2.42. The van der Waals surface area contributed by atoms with Crippen LogP contribution in [0.15, 0.2) is 0 Å². The van der Waals surface area contributed by atoms with Crippen molar-refractivity contribution in [3.05, 3.63) is 0 Å². The Hall–Kier alpha value is -0.220. The minimum Gasteiger partial charge on any atom is -0.389 e. The number of halogens is 2. The minimum absolute atomic E-state index is 0.0489. The molecule has 84 valence electrons. The Balaban J connectivity index is 2.47. The third-order valence-electron chi connectivity index (χ3n) is 3.19. The van der Waals surface area contributed by atoms with Gasteiger partial charge in [-0.2, -0.15) is 0 Å². The molecular formula is C10H19F2NO. The van der Waals surface area contributed by atoms with Crippen LogP contribution in [0.4, 0.5) is 8.78 Å². The topological polar surface area (TPSA) is 46.2 Å². The highest BCUT2D eigenvalue weighted by Crippen LogP contribution is 2.42. The molecule has 1 aliphatic rings. The van der Waals surface area contributed by atoms with Gasteiger partial charge >= 0.3 is 0 Å². The molecule has 3 unspecified atom stereocenters. The lowest BCUT2D eigenvalue weighted by molar-refractivity contribution is -0.0109. The van der Waals surface area contributed by atoms with Gasteiger partial charge in [0.2, 0.25) is 5.92 Å². The van der Waals surface area contributed by atoms with Crippen LogP contribution in [0.2, 0.25) is 0 Å². The molecule has 1 fully saturated rings. The average molecular weight is 207 g/mol. The van der Waals surface area contributed by atoms with Gasteiger partial charge in [0.15, 0.2) is 0 Å². The smallest absolute Gasteiger partial charge is 0.248 e. The van der Waals surface area contributed by atoms with E-state index in [1.165, 1.54) is 0 Å². The van der Waals surface area contributed by atoms with Gasteiger partial charge in [-0.15, -0.1) is 0 Å². The van der Waals surface area contributed by atoms with Crippen LogP contribution >= 0.6 is 0 Å². The summed E-state index contributed by atoms with van der Waals surface area (Å²) in [5.74, 6) is -2.62. The standard InChI is InChI=1S/C10H19F2NO/c1-7(13)9(2,14)5-8-3-4-10(11,12)6-8/h7-8,14H,3-6,13H2,1-2H3. The molecule has 1 aliphatic carbocycles. The molecule has 0 radical (unpaired) electrons. The van der Waals surface area contributed by atoms with Gasteiger partial charge in [-0.05, 0) is 32.6 Å². The van der Waals surface area contributed by atoms with E-state index in [-0.39, 0.29) is 24.8 Å². The maximum Gasteiger partial charge on any atom is 0.248 e. The van der Waals surface area contributed by atoms with Gasteiger partial charge in [-0.25, -0.2) is 8.78 Å². The van der Waals surface area contributed by atoms with Crippen LogP contribution in [-0.2, 0) is 0 Å². The molecule has 3 N–H and O–H groups in total. The van der Waals surface area contributed by atoms with E-state index >= 15 is 0 Å². The molecule has 1 rings (SSSR count). The van der Waals surface area contributed by atoms with Gasteiger partial charge in [-0.1, -0.05) is 0 Å². The predicted molar refractivity (Wildman–Crippen MR) is 51.2 cm³/mol. The zero-order valence-electron chi connectivity index (χ0n) is 8.76. The van der Waals surface area contributed by atoms with Crippen LogP contribution in [0.3, 0.4) is 0 Å². The van der Waals surface area contributed by atoms with Gasteiger partial charge < -0.3 is 10.8 Å². The molecular weight excluding hydrogens is 188 g/mol. The molecule has 0 spiro atoms. The largest absolute Gasteiger partial charge is 0.389 e. The summed E-state index contributed by atoms with van der Waals surface area (Å²) in [6, 6.07) is -0.378. The van der Waals surface area contributed by atoms with E-state index in [2.05, 4.69) is 0 Å². The first-order valence-corrected chi connectivity index (χ1v) is 5.09. The molecule has 1 saturated carbocycles. The summed E-state index contributed by atoms with van der Waals surface area (Å²) in [4.78, 5) is 0. The van der Waals surface area contributed by atoms with E-state index in [9.17, 15) is 13.9 Å². The molecule has 0 saturated heterocycles. The van der Waals surface area contributed by atoms with Gasteiger partial charge in [0.05, 0.1) is 5.60 Å². The summed E-state index contributed by atoms with van der Waals surface area (Å²) < 4.78 is 25.7. The first-order chi connectivity index (χ1) is 6.23. The maximum atomic E-state index is 12.9.